The largest absolute Gasteiger partial charge is 0.463 e. The Bertz CT molecular complexity index is 1390. The van der Waals surface area contributed by atoms with Crippen LogP contribution in [0.25, 0.3) is 0 Å². The number of carbonyl (C=O) groups is 2. The second kappa shape index (κ2) is 10.0. The molecule has 0 aliphatic carbocycles. The van der Waals surface area contributed by atoms with Gasteiger partial charge in [-0.2, -0.15) is 4.98 Å². The van der Waals surface area contributed by atoms with Gasteiger partial charge in [0.1, 0.15) is 11.4 Å². The summed E-state index contributed by atoms with van der Waals surface area (Å²) in [6.07, 6.45) is -1.12. The van der Waals surface area contributed by atoms with E-state index in [1.807, 2.05) is 0 Å². The SMILES string of the molecule is Cc1nc(N2CC(F)(F)C2)nc(N2CCCC(F)(F)CC2)c1C(=O)Nc1cccc(S(C)(=O)=NC(=O)O)c1. The summed E-state index contributed by atoms with van der Waals surface area (Å²) in [4.78, 5) is 35.8. The lowest BCUT2D eigenvalue weighted by Crippen LogP contribution is -2.57. The normalized spacial score (nSPS) is 20.1. The van der Waals surface area contributed by atoms with Crippen LogP contribution in [-0.2, 0) is 9.73 Å². The van der Waals surface area contributed by atoms with Gasteiger partial charge in [0.15, 0.2) is 0 Å². The van der Waals surface area contributed by atoms with Crippen LogP contribution in [0.5, 0.6) is 0 Å². The average molecular weight is 559 g/mol. The second-order valence-corrected chi connectivity index (χ2v) is 11.6. The van der Waals surface area contributed by atoms with E-state index in [1.54, 1.807) is 0 Å². The number of aromatic nitrogens is 2. The van der Waals surface area contributed by atoms with Crippen molar-refractivity contribution in [2.24, 2.45) is 4.36 Å². The number of amides is 2. The Morgan fingerprint density at radius 3 is 2.45 bits per heavy atom. The zero-order valence-electron chi connectivity index (χ0n) is 20.6. The third kappa shape index (κ3) is 6.14. The number of carbonyl (C=O) groups excluding carboxylic acids is 1. The minimum atomic E-state index is -3.30. The van der Waals surface area contributed by atoms with Crippen LogP contribution in [0.3, 0.4) is 0 Å². The van der Waals surface area contributed by atoms with Crippen molar-refractivity contribution in [2.75, 3.05) is 47.6 Å². The lowest BCUT2D eigenvalue weighted by atomic mass is 10.1. The van der Waals surface area contributed by atoms with Crippen molar-refractivity contribution >= 4 is 39.2 Å². The molecule has 1 aromatic heterocycles. The number of halogens is 4. The highest BCUT2D eigenvalue weighted by atomic mass is 32.2. The zero-order valence-corrected chi connectivity index (χ0v) is 21.4. The van der Waals surface area contributed by atoms with Crippen LogP contribution in [0.1, 0.15) is 35.3 Å². The van der Waals surface area contributed by atoms with E-state index in [-0.39, 0.29) is 59.5 Å². The zero-order chi connectivity index (χ0) is 27.9. The number of anilines is 3. The van der Waals surface area contributed by atoms with Gasteiger partial charge < -0.3 is 20.2 Å². The van der Waals surface area contributed by atoms with Gasteiger partial charge in [-0.1, -0.05) is 6.07 Å². The van der Waals surface area contributed by atoms with Crippen LogP contribution in [-0.4, -0.2) is 75.6 Å². The summed E-state index contributed by atoms with van der Waals surface area (Å²) >= 11 is 0. The van der Waals surface area contributed by atoms with Gasteiger partial charge in [-0.25, -0.2) is 31.5 Å². The predicted molar refractivity (Wildman–Crippen MR) is 132 cm³/mol. The first-order chi connectivity index (χ1) is 17.7. The average Bonchev–Trinajstić information content (AvgIpc) is 2.96. The minimum Gasteiger partial charge on any atom is -0.463 e. The molecule has 2 aliphatic rings. The topological polar surface area (TPSA) is 128 Å². The summed E-state index contributed by atoms with van der Waals surface area (Å²) in [5.41, 5.74) is 0.302. The number of carboxylic acid groups (broad SMARTS) is 1. The number of hydrogen-bond acceptors (Lipinski definition) is 7. The van der Waals surface area contributed by atoms with Gasteiger partial charge in [-0.3, -0.25) is 4.79 Å². The molecule has 206 valence electrons. The number of nitrogens with zero attached hydrogens (tertiary/aromatic N) is 5. The Morgan fingerprint density at radius 1 is 1.08 bits per heavy atom. The van der Waals surface area contributed by atoms with Crippen molar-refractivity contribution in [1.29, 1.82) is 0 Å². The molecule has 1 unspecified atom stereocenters. The van der Waals surface area contributed by atoms with Crippen LogP contribution in [0.2, 0.25) is 0 Å². The molecule has 2 fully saturated rings. The highest BCUT2D eigenvalue weighted by molar-refractivity contribution is 7.93. The molecule has 3 heterocycles. The van der Waals surface area contributed by atoms with Gasteiger partial charge >= 0.3 is 6.09 Å². The molecule has 0 radical (unpaired) electrons. The highest BCUT2D eigenvalue weighted by Gasteiger charge is 2.45. The molecule has 2 aliphatic heterocycles. The molecule has 0 spiro atoms. The van der Waals surface area contributed by atoms with Crippen LogP contribution < -0.4 is 15.1 Å². The Labute approximate surface area is 216 Å². The summed E-state index contributed by atoms with van der Waals surface area (Å²) < 4.78 is 71.0. The minimum absolute atomic E-state index is 0.0240. The lowest BCUT2D eigenvalue weighted by Gasteiger charge is -2.39. The first kappa shape index (κ1) is 27.5. The molecule has 2 N–H and O–H groups in total. The Kier molecular flexibility index (Phi) is 7.25. The number of alkyl halides is 4. The van der Waals surface area contributed by atoms with Gasteiger partial charge in [0.2, 0.25) is 11.9 Å². The Hall–Kier alpha value is -3.49. The van der Waals surface area contributed by atoms with Gasteiger partial charge in [-0.15, -0.1) is 4.36 Å². The van der Waals surface area contributed by atoms with Crippen LogP contribution in [0.15, 0.2) is 33.5 Å². The van der Waals surface area contributed by atoms with Gasteiger partial charge in [0, 0.05) is 42.8 Å². The van der Waals surface area contributed by atoms with Crippen molar-refractivity contribution in [1.82, 2.24) is 9.97 Å². The van der Waals surface area contributed by atoms with E-state index >= 15 is 0 Å². The molecule has 10 nitrogen and oxygen atoms in total. The van der Waals surface area contributed by atoms with Gasteiger partial charge in [0.25, 0.3) is 11.8 Å². The standard InChI is InChI=1S/C23H26F4N6O4S/c1-14-17(19(34)29-15-5-3-6-16(11-15)38(2,37)31-21(35)36)18(32-9-4-7-22(24,25)8-10-32)30-20(28-14)33-12-23(26,27)13-33/h3,5-6,11H,4,7-10,12-13H2,1-2H3,(H,29,34)(H,35,36). The summed E-state index contributed by atoms with van der Waals surface area (Å²) in [6, 6.07) is 5.65. The molecular formula is C23H26F4N6O4S. The number of benzene rings is 1. The third-order valence-electron chi connectivity index (χ3n) is 6.21. The van der Waals surface area contributed by atoms with Crippen molar-refractivity contribution in [3.8, 4) is 0 Å². The van der Waals surface area contributed by atoms with Crippen LogP contribution >= 0.6 is 0 Å². The molecule has 2 saturated heterocycles. The van der Waals surface area contributed by atoms with Gasteiger partial charge in [-0.05, 0) is 31.5 Å². The van der Waals surface area contributed by atoms with Crippen molar-refractivity contribution < 1.29 is 36.5 Å². The lowest BCUT2D eigenvalue weighted by molar-refractivity contribution is -0.0272. The Balaban J connectivity index is 1.70. The second-order valence-electron chi connectivity index (χ2n) is 9.37. The fourth-order valence-corrected chi connectivity index (χ4v) is 5.39. The van der Waals surface area contributed by atoms with Crippen molar-refractivity contribution in [3.05, 3.63) is 35.5 Å². The molecule has 15 heteroatoms. The molecule has 0 saturated carbocycles. The maximum atomic E-state index is 14.1. The van der Waals surface area contributed by atoms with E-state index in [4.69, 9.17) is 5.11 Å². The summed E-state index contributed by atoms with van der Waals surface area (Å²) in [7, 11) is -3.30. The summed E-state index contributed by atoms with van der Waals surface area (Å²) in [5, 5.41) is 11.5. The summed E-state index contributed by atoms with van der Waals surface area (Å²) in [5.74, 6) is -6.46. The monoisotopic (exact) mass is 558 g/mol. The van der Waals surface area contributed by atoms with E-state index in [1.165, 1.54) is 41.0 Å². The van der Waals surface area contributed by atoms with Gasteiger partial charge in [0.05, 0.1) is 28.5 Å². The number of nitrogens with one attached hydrogen (secondary N) is 1. The molecule has 0 bridgehead atoms. The quantitative estimate of drug-likeness (QED) is 0.522. The first-order valence-electron chi connectivity index (χ1n) is 11.7. The van der Waals surface area contributed by atoms with E-state index in [0.717, 1.165) is 6.26 Å². The number of hydrogen-bond donors (Lipinski definition) is 2. The number of aryl methyl sites for hydroxylation is 1. The smallest absolute Gasteiger partial charge is 0.439 e. The van der Waals surface area contributed by atoms with E-state index in [0.29, 0.717) is 0 Å². The van der Waals surface area contributed by atoms with E-state index < -0.39 is 53.1 Å². The maximum absolute atomic E-state index is 14.1. The number of rotatable bonds is 5. The van der Waals surface area contributed by atoms with Crippen molar-refractivity contribution in [3.63, 3.8) is 0 Å². The third-order valence-corrected chi connectivity index (χ3v) is 7.85. The fourth-order valence-electron chi connectivity index (χ4n) is 4.31. The predicted octanol–water partition coefficient (Wildman–Crippen LogP) is 4.25. The summed E-state index contributed by atoms with van der Waals surface area (Å²) in [6.45, 7) is 0.365. The molecule has 2 amide bonds. The molecular weight excluding hydrogens is 532 g/mol. The maximum Gasteiger partial charge on any atom is 0.439 e. The van der Waals surface area contributed by atoms with Crippen LogP contribution in [0.4, 0.5) is 39.8 Å². The molecule has 1 aromatic carbocycles. The fraction of sp³-hybridized carbons (Fsp3) is 0.478. The Morgan fingerprint density at radius 2 is 1.79 bits per heavy atom. The molecule has 1 atom stereocenters. The highest BCUT2D eigenvalue weighted by Crippen LogP contribution is 2.35. The van der Waals surface area contributed by atoms with E-state index in [9.17, 15) is 31.4 Å². The molecule has 4 rings (SSSR count). The van der Waals surface area contributed by atoms with Crippen LogP contribution in [0, 0.1) is 6.92 Å². The van der Waals surface area contributed by atoms with Crippen molar-refractivity contribution in [2.45, 2.75) is 42.9 Å². The van der Waals surface area contributed by atoms with E-state index in [2.05, 4.69) is 19.6 Å². The molecule has 2 aromatic rings. The first-order valence-corrected chi connectivity index (χ1v) is 13.6. The molecule has 38 heavy (non-hydrogen) atoms.